The van der Waals surface area contributed by atoms with Crippen LogP contribution in [0.2, 0.25) is 0 Å². The molecule has 0 spiro atoms. The fourth-order valence-electron chi connectivity index (χ4n) is 9.56. The van der Waals surface area contributed by atoms with E-state index in [2.05, 4.69) is 31.0 Å². The lowest BCUT2D eigenvalue weighted by Gasteiger charge is -2.63. The van der Waals surface area contributed by atoms with E-state index >= 15 is 0 Å². The number of aliphatic hydroxyl groups excluding tert-OH is 3. The monoisotopic (exact) mass is 489 g/mol. The Bertz CT molecular complexity index is 859. The van der Waals surface area contributed by atoms with Crippen molar-refractivity contribution in [2.45, 2.75) is 109 Å². The molecule has 35 heavy (non-hydrogen) atoms. The van der Waals surface area contributed by atoms with Crippen LogP contribution in [0.25, 0.3) is 0 Å². The fourth-order valence-corrected chi connectivity index (χ4v) is 9.56. The zero-order valence-electron chi connectivity index (χ0n) is 22.4. The third-order valence-electron chi connectivity index (χ3n) is 11.7. The summed E-state index contributed by atoms with van der Waals surface area (Å²) in [5, 5.41) is 41.5. The molecule has 7 nitrogen and oxygen atoms in total. The number of carbonyl (C=O) groups excluding carboxylic acids is 1. The molecule has 0 bridgehead atoms. The summed E-state index contributed by atoms with van der Waals surface area (Å²) in [6.45, 7) is 9.40. The molecule has 1 heterocycles. The summed E-state index contributed by atoms with van der Waals surface area (Å²) in [5.74, 6) is 2.06. The van der Waals surface area contributed by atoms with Gasteiger partial charge in [0.05, 0.1) is 24.9 Å². The number of likely N-dealkylation sites (N-methyl/N-ethyl adjacent to an activating group) is 1. The van der Waals surface area contributed by atoms with Gasteiger partial charge in [-0.2, -0.15) is 10.2 Å². The standard InChI is InChI=1S/C28H47N3O4/c1-16(6-9-24(35)31(5)15-27(3)29-30-27)19-7-8-20-25-21(14-23(34)28(19,20)4)26(2)11-10-18(32)12-17(26)13-22(25)33/h16-23,25,32-34H,6-15H2,1-5H3/t16-,17+,18-,19-,20+,21+,22-,23+,25+,26+,28-/m1/s1. The molecule has 3 N–H and O–H groups in total. The van der Waals surface area contributed by atoms with Gasteiger partial charge in [-0.3, -0.25) is 4.79 Å². The summed E-state index contributed by atoms with van der Waals surface area (Å²) in [4.78, 5) is 14.5. The Labute approximate surface area is 210 Å². The first-order valence-corrected chi connectivity index (χ1v) is 14.1. The van der Waals surface area contributed by atoms with Gasteiger partial charge in [-0.25, -0.2) is 0 Å². The van der Waals surface area contributed by atoms with E-state index in [9.17, 15) is 20.1 Å². The molecular weight excluding hydrogens is 442 g/mol. The summed E-state index contributed by atoms with van der Waals surface area (Å²) >= 11 is 0. The van der Waals surface area contributed by atoms with Crippen LogP contribution >= 0.6 is 0 Å². The molecule has 4 fully saturated rings. The molecule has 0 unspecified atom stereocenters. The van der Waals surface area contributed by atoms with Gasteiger partial charge in [0.15, 0.2) is 0 Å². The van der Waals surface area contributed by atoms with Crippen LogP contribution in [0.15, 0.2) is 10.2 Å². The van der Waals surface area contributed by atoms with Crippen molar-refractivity contribution in [1.29, 1.82) is 0 Å². The molecule has 1 amide bonds. The van der Waals surface area contributed by atoms with Crippen LogP contribution in [0.1, 0.15) is 85.5 Å². The number of rotatable bonds is 6. The van der Waals surface area contributed by atoms with Crippen molar-refractivity contribution >= 4 is 5.91 Å². The Morgan fingerprint density at radius 1 is 1.03 bits per heavy atom. The Hall–Kier alpha value is -1.05. The molecule has 198 valence electrons. The first kappa shape index (κ1) is 25.6. The molecule has 0 aromatic heterocycles. The van der Waals surface area contributed by atoms with Crippen LogP contribution in [0.5, 0.6) is 0 Å². The molecule has 0 radical (unpaired) electrons. The maximum atomic E-state index is 12.8. The van der Waals surface area contributed by atoms with Crippen LogP contribution in [0, 0.1) is 46.3 Å². The van der Waals surface area contributed by atoms with Gasteiger partial charge in [-0.15, -0.1) is 0 Å². The number of hydrogen-bond acceptors (Lipinski definition) is 6. The van der Waals surface area contributed by atoms with Crippen LogP contribution in [0.3, 0.4) is 0 Å². The summed E-state index contributed by atoms with van der Waals surface area (Å²) in [7, 11) is 1.84. The number of hydrogen-bond donors (Lipinski definition) is 3. The van der Waals surface area contributed by atoms with Gasteiger partial charge < -0.3 is 20.2 Å². The smallest absolute Gasteiger partial charge is 0.222 e. The highest BCUT2D eigenvalue weighted by atomic mass is 16.3. The van der Waals surface area contributed by atoms with Gasteiger partial charge in [-0.1, -0.05) is 20.8 Å². The van der Waals surface area contributed by atoms with Gasteiger partial charge in [0.1, 0.15) is 0 Å². The van der Waals surface area contributed by atoms with Crippen molar-refractivity contribution < 1.29 is 20.1 Å². The lowest BCUT2D eigenvalue weighted by atomic mass is 9.43. The van der Waals surface area contributed by atoms with Crippen LogP contribution < -0.4 is 0 Å². The van der Waals surface area contributed by atoms with E-state index in [1.54, 1.807) is 4.90 Å². The second kappa shape index (κ2) is 8.76. The van der Waals surface area contributed by atoms with E-state index in [1.807, 2.05) is 14.0 Å². The highest BCUT2D eigenvalue weighted by molar-refractivity contribution is 5.76. The van der Waals surface area contributed by atoms with E-state index in [-0.39, 0.29) is 41.0 Å². The number of aliphatic hydroxyl groups is 3. The maximum Gasteiger partial charge on any atom is 0.222 e. The minimum atomic E-state index is -0.405. The summed E-state index contributed by atoms with van der Waals surface area (Å²) in [5.41, 5.74) is -0.520. The second-order valence-corrected chi connectivity index (χ2v) is 13.7. The molecular formula is C28H47N3O4. The maximum absolute atomic E-state index is 12.8. The fraction of sp³-hybridized carbons (Fsp3) is 0.964. The van der Waals surface area contributed by atoms with Crippen molar-refractivity contribution in [3.8, 4) is 0 Å². The van der Waals surface area contributed by atoms with Gasteiger partial charge in [0.25, 0.3) is 0 Å². The molecule has 5 aliphatic rings. The van der Waals surface area contributed by atoms with Crippen molar-refractivity contribution in [3.63, 3.8) is 0 Å². The minimum Gasteiger partial charge on any atom is -0.393 e. The molecule has 7 heteroatoms. The molecule has 0 saturated heterocycles. The van der Waals surface area contributed by atoms with Gasteiger partial charge >= 0.3 is 0 Å². The number of nitrogens with zero attached hydrogens (tertiary/aromatic N) is 3. The Morgan fingerprint density at radius 2 is 1.74 bits per heavy atom. The number of amides is 1. The highest BCUT2D eigenvalue weighted by Crippen LogP contribution is 2.68. The van der Waals surface area contributed by atoms with E-state index < -0.39 is 5.66 Å². The average Bonchev–Trinajstić information content (AvgIpc) is 3.40. The molecule has 0 aromatic rings. The summed E-state index contributed by atoms with van der Waals surface area (Å²) in [6.07, 6.45) is 6.66. The van der Waals surface area contributed by atoms with Gasteiger partial charge in [0.2, 0.25) is 11.6 Å². The second-order valence-electron chi connectivity index (χ2n) is 13.7. The van der Waals surface area contributed by atoms with Crippen molar-refractivity contribution in [2.75, 3.05) is 13.6 Å². The normalized spacial score (nSPS) is 48.5. The molecule has 0 aromatic carbocycles. The molecule has 5 rings (SSSR count). The molecule has 4 aliphatic carbocycles. The van der Waals surface area contributed by atoms with Crippen LogP contribution in [0.4, 0.5) is 0 Å². The first-order valence-electron chi connectivity index (χ1n) is 14.1. The van der Waals surface area contributed by atoms with Crippen molar-refractivity contribution in [1.82, 2.24) is 4.90 Å². The van der Waals surface area contributed by atoms with Crippen LogP contribution in [-0.4, -0.2) is 63.7 Å². The predicted molar refractivity (Wildman–Crippen MR) is 133 cm³/mol. The quantitative estimate of drug-likeness (QED) is 0.524. The van der Waals surface area contributed by atoms with E-state index in [1.165, 1.54) is 0 Å². The third kappa shape index (κ3) is 4.17. The topological polar surface area (TPSA) is 106 Å². The largest absolute Gasteiger partial charge is 0.393 e. The zero-order valence-corrected chi connectivity index (χ0v) is 22.4. The summed E-state index contributed by atoms with van der Waals surface area (Å²) < 4.78 is 0. The van der Waals surface area contributed by atoms with E-state index in [0.29, 0.717) is 42.6 Å². The summed E-state index contributed by atoms with van der Waals surface area (Å²) in [6, 6.07) is 0. The molecule has 1 aliphatic heterocycles. The lowest BCUT2D eigenvalue weighted by Crippen LogP contribution is -2.62. The zero-order chi connectivity index (χ0) is 25.3. The Kier molecular flexibility index (Phi) is 6.41. The molecule has 4 saturated carbocycles. The number of carbonyl (C=O) groups is 1. The highest BCUT2D eigenvalue weighted by Gasteiger charge is 2.65. The average molecular weight is 490 g/mol. The number of fused-ring (bicyclic) bond motifs is 5. The van der Waals surface area contributed by atoms with Crippen molar-refractivity contribution in [3.05, 3.63) is 0 Å². The minimum absolute atomic E-state index is 0.100. The Morgan fingerprint density at radius 3 is 2.43 bits per heavy atom. The predicted octanol–water partition coefficient (Wildman–Crippen LogP) is 4.00. The lowest BCUT2D eigenvalue weighted by molar-refractivity contribution is -0.207. The van der Waals surface area contributed by atoms with Crippen LogP contribution in [-0.2, 0) is 4.79 Å². The SMILES string of the molecule is C[C@H](CCC(=O)N(C)CC1(C)N=N1)[C@H]1CC[C@H]2[C@@H]3[C@H](O)C[C@@H]4C[C@H](O)CC[C@]4(C)[C@H]3C[C@H](O)[C@]12C. The Balaban J connectivity index is 1.28. The van der Waals surface area contributed by atoms with Crippen molar-refractivity contribution in [2.24, 2.45) is 56.6 Å². The van der Waals surface area contributed by atoms with E-state index in [4.69, 9.17) is 0 Å². The third-order valence-corrected chi connectivity index (χ3v) is 11.7. The molecule has 11 atom stereocenters. The van der Waals surface area contributed by atoms with E-state index in [0.717, 1.165) is 51.4 Å². The first-order chi connectivity index (χ1) is 16.4. The van der Waals surface area contributed by atoms with Gasteiger partial charge in [-0.05, 0) is 105 Å². The van der Waals surface area contributed by atoms with Gasteiger partial charge in [0, 0.05) is 13.5 Å².